The number of aliphatic hydroxyl groups is 1. The molecular weight excluding hydrogens is 442 g/mol. The van der Waals surface area contributed by atoms with Crippen molar-refractivity contribution in [1.29, 1.82) is 0 Å². The fourth-order valence-corrected chi connectivity index (χ4v) is 5.26. The van der Waals surface area contributed by atoms with Gasteiger partial charge in [-0.05, 0) is 50.9 Å². The fourth-order valence-electron chi connectivity index (χ4n) is 5.26. The Bertz CT molecular complexity index is 708. The number of allylic oxidation sites excluding steroid dienone is 2. The zero-order chi connectivity index (χ0) is 25.8. The number of nitrogens with one attached hydrogen (secondary N) is 2. The molecule has 0 radical (unpaired) electrons. The Morgan fingerprint density at radius 3 is 2.49 bits per heavy atom. The summed E-state index contributed by atoms with van der Waals surface area (Å²) in [5.74, 6) is -0.525. The van der Waals surface area contributed by atoms with E-state index < -0.39 is 18.3 Å². The molecule has 3 N–H and O–H groups in total. The topological polar surface area (TPSA) is 98.7 Å². The molecule has 0 aromatic rings. The number of fused-ring (bicyclic) bond motifs is 2. The molecule has 1 fully saturated rings. The zero-order valence-electron chi connectivity index (χ0n) is 22.4. The first-order valence-corrected chi connectivity index (χ1v) is 13.9. The third kappa shape index (κ3) is 9.59. The summed E-state index contributed by atoms with van der Waals surface area (Å²) in [4.78, 5) is 40.6. The molecular formula is C28H49N3O4. The minimum absolute atomic E-state index is 0.0294. The maximum atomic E-state index is 13.3. The number of likely N-dealkylation sites (tertiary alicyclic amines) is 1. The van der Waals surface area contributed by atoms with Crippen molar-refractivity contribution >= 4 is 17.7 Å². The number of likely N-dealkylation sites (N-methyl/N-ethyl adjacent to an activating group) is 1. The molecule has 0 aromatic carbocycles. The van der Waals surface area contributed by atoms with Crippen LogP contribution in [0.3, 0.4) is 0 Å². The van der Waals surface area contributed by atoms with E-state index in [1.807, 2.05) is 13.8 Å². The fraction of sp³-hybridized carbons (Fsp3) is 0.821. The molecule has 2 bridgehead atoms. The van der Waals surface area contributed by atoms with Crippen molar-refractivity contribution in [3.63, 3.8) is 0 Å². The highest BCUT2D eigenvalue weighted by Crippen LogP contribution is 2.26. The minimum Gasteiger partial charge on any atom is -0.371 e. The van der Waals surface area contributed by atoms with Crippen LogP contribution in [-0.2, 0) is 14.4 Å². The summed E-state index contributed by atoms with van der Waals surface area (Å²) in [6.45, 7) is 6.27. The van der Waals surface area contributed by atoms with Gasteiger partial charge in [0.15, 0.2) is 0 Å². The van der Waals surface area contributed by atoms with Gasteiger partial charge in [-0.25, -0.2) is 0 Å². The number of hydrogen-bond donors (Lipinski definition) is 3. The van der Waals surface area contributed by atoms with Crippen molar-refractivity contribution in [3.8, 4) is 0 Å². The van der Waals surface area contributed by atoms with Gasteiger partial charge >= 0.3 is 0 Å². The Kier molecular flexibility index (Phi) is 12.8. The second kappa shape index (κ2) is 15.3. The molecule has 2 aliphatic heterocycles. The Labute approximate surface area is 212 Å². The highest BCUT2D eigenvalue weighted by Gasteiger charge is 2.40. The monoisotopic (exact) mass is 491 g/mol. The van der Waals surface area contributed by atoms with Crippen LogP contribution < -0.4 is 10.6 Å². The quantitative estimate of drug-likeness (QED) is 0.348. The lowest BCUT2D eigenvalue weighted by molar-refractivity contribution is -0.155. The molecule has 4 unspecified atom stereocenters. The summed E-state index contributed by atoms with van der Waals surface area (Å²) >= 11 is 0. The predicted molar refractivity (Wildman–Crippen MR) is 139 cm³/mol. The number of carbonyl (C=O) groups is 3. The van der Waals surface area contributed by atoms with E-state index in [9.17, 15) is 19.5 Å². The van der Waals surface area contributed by atoms with E-state index in [0.717, 1.165) is 44.9 Å². The molecule has 2 aliphatic rings. The highest BCUT2D eigenvalue weighted by atomic mass is 16.3. The zero-order valence-corrected chi connectivity index (χ0v) is 22.4. The molecule has 1 saturated heterocycles. The van der Waals surface area contributed by atoms with Crippen LogP contribution in [0, 0.1) is 17.8 Å². The van der Waals surface area contributed by atoms with Crippen molar-refractivity contribution < 1.29 is 19.5 Å². The number of carbonyl (C=O) groups excluding carboxylic acids is 3. The molecule has 0 spiro atoms. The molecule has 2 heterocycles. The number of amides is 3. The SMILES string of the molecule is CCCCCCCC1CCCC/C=C/CC2CC(NC(=O)[C@H](CC(C)C)NC1=O)C(O)N(C)C2=O. The van der Waals surface area contributed by atoms with Gasteiger partial charge in [0.05, 0.1) is 6.04 Å². The Morgan fingerprint density at radius 2 is 1.77 bits per heavy atom. The summed E-state index contributed by atoms with van der Waals surface area (Å²) in [6, 6.07) is -1.20. The van der Waals surface area contributed by atoms with Gasteiger partial charge in [0.25, 0.3) is 0 Å². The van der Waals surface area contributed by atoms with E-state index in [1.54, 1.807) is 7.05 Å². The summed E-state index contributed by atoms with van der Waals surface area (Å²) < 4.78 is 0. The van der Waals surface area contributed by atoms with Crippen LogP contribution in [0.1, 0.15) is 104 Å². The number of unbranched alkanes of at least 4 members (excludes halogenated alkanes) is 4. The lowest BCUT2D eigenvalue weighted by Crippen LogP contribution is -2.61. The van der Waals surface area contributed by atoms with Gasteiger partial charge in [0.2, 0.25) is 17.7 Å². The number of piperidine rings is 1. The van der Waals surface area contributed by atoms with Crippen molar-refractivity contribution in [2.75, 3.05) is 7.05 Å². The summed E-state index contributed by atoms with van der Waals surface area (Å²) in [7, 11) is 1.58. The van der Waals surface area contributed by atoms with Crippen molar-refractivity contribution in [1.82, 2.24) is 15.5 Å². The van der Waals surface area contributed by atoms with Crippen LogP contribution in [0.4, 0.5) is 0 Å². The van der Waals surface area contributed by atoms with Gasteiger partial charge in [-0.2, -0.15) is 0 Å². The van der Waals surface area contributed by atoms with E-state index in [4.69, 9.17) is 0 Å². The lowest BCUT2D eigenvalue weighted by atomic mass is 9.88. The van der Waals surface area contributed by atoms with Gasteiger partial charge in [-0.1, -0.05) is 71.4 Å². The number of hydrogen-bond acceptors (Lipinski definition) is 4. The van der Waals surface area contributed by atoms with Crippen molar-refractivity contribution in [2.24, 2.45) is 17.8 Å². The second-order valence-corrected chi connectivity index (χ2v) is 11.0. The maximum Gasteiger partial charge on any atom is 0.242 e. The minimum atomic E-state index is -1.07. The summed E-state index contributed by atoms with van der Waals surface area (Å²) in [6.07, 6.45) is 15.0. The van der Waals surface area contributed by atoms with Crippen LogP contribution in [0.2, 0.25) is 0 Å². The number of nitrogens with zero attached hydrogens (tertiary/aromatic N) is 1. The van der Waals surface area contributed by atoms with Gasteiger partial charge in [-0.3, -0.25) is 14.4 Å². The first-order chi connectivity index (χ1) is 16.7. The van der Waals surface area contributed by atoms with Crippen molar-refractivity contribution in [3.05, 3.63) is 12.2 Å². The molecule has 0 saturated carbocycles. The maximum absolute atomic E-state index is 13.3. The van der Waals surface area contributed by atoms with Crippen LogP contribution in [0.5, 0.6) is 0 Å². The van der Waals surface area contributed by atoms with Crippen LogP contribution >= 0.6 is 0 Å². The average molecular weight is 492 g/mol. The van der Waals surface area contributed by atoms with Crippen LogP contribution in [-0.4, -0.2) is 53.1 Å². The summed E-state index contributed by atoms with van der Waals surface area (Å²) in [5.41, 5.74) is 0. The molecule has 200 valence electrons. The molecule has 35 heavy (non-hydrogen) atoms. The Balaban J connectivity index is 2.18. The third-order valence-corrected chi connectivity index (χ3v) is 7.45. The molecule has 0 aromatic heterocycles. The third-order valence-electron chi connectivity index (χ3n) is 7.45. The largest absolute Gasteiger partial charge is 0.371 e. The lowest BCUT2D eigenvalue weighted by Gasteiger charge is -2.40. The standard InChI is InChI=1S/C28H49N3O4/c1-5-6-7-9-12-15-21-16-13-10-8-11-14-17-22-19-24(28(35)31(4)27(22)34)30-26(33)23(18-20(2)3)29-25(21)32/h11,14,20-24,28,35H,5-10,12-13,15-19H2,1-4H3,(H,29,32)(H,30,33)/b14-11+/t21?,22?,23-,24?,28?/m0/s1. The number of rotatable bonds is 8. The van der Waals surface area contributed by atoms with E-state index in [1.165, 1.54) is 24.2 Å². The predicted octanol–water partition coefficient (Wildman–Crippen LogP) is 4.30. The smallest absolute Gasteiger partial charge is 0.242 e. The molecule has 7 heteroatoms. The average Bonchev–Trinajstić information content (AvgIpc) is 2.81. The van der Waals surface area contributed by atoms with E-state index in [0.29, 0.717) is 19.3 Å². The van der Waals surface area contributed by atoms with E-state index in [-0.39, 0.29) is 35.5 Å². The summed E-state index contributed by atoms with van der Waals surface area (Å²) in [5, 5.41) is 16.7. The Hall–Kier alpha value is -1.89. The Morgan fingerprint density at radius 1 is 1.03 bits per heavy atom. The first kappa shape index (κ1) is 29.3. The van der Waals surface area contributed by atoms with Gasteiger partial charge < -0.3 is 20.6 Å². The molecule has 2 rings (SSSR count). The molecule has 5 atom stereocenters. The van der Waals surface area contributed by atoms with Crippen LogP contribution in [0.25, 0.3) is 0 Å². The second-order valence-electron chi connectivity index (χ2n) is 11.0. The normalized spacial score (nSPS) is 30.2. The van der Waals surface area contributed by atoms with Crippen molar-refractivity contribution in [2.45, 2.75) is 123 Å². The van der Waals surface area contributed by atoms with Gasteiger partial charge in [0.1, 0.15) is 12.3 Å². The van der Waals surface area contributed by atoms with Gasteiger partial charge in [0, 0.05) is 18.9 Å². The highest BCUT2D eigenvalue weighted by molar-refractivity contribution is 5.89. The van der Waals surface area contributed by atoms with E-state index in [2.05, 4.69) is 29.7 Å². The molecule has 0 aliphatic carbocycles. The molecule has 3 amide bonds. The first-order valence-electron chi connectivity index (χ1n) is 13.9. The van der Waals surface area contributed by atoms with Crippen LogP contribution in [0.15, 0.2) is 12.2 Å². The number of aliphatic hydroxyl groups excluding tert-OH is 1. The van der Waals surface area contributed by atoms with E-state index >= 15 is 0 Å². The molecule has 7 nitrogen and oxygen atoms in total. The van der Waals surface area contributed by atoms with Gasteiger partial charge in [-0.15, -0.1) is 0 Å².